The van der Waals surface area contributed by atoms with E-state index in [1.54, 1.807) is 13.2 Å². The largest absolute Gasteiger partial charge is 0.495 e. The molecule has 30 heavy (non-hydrogen) atoms. The topological polar surface area (TPSA) is 44.8 Å². The summed E-state index contributed by atoms with van der Waals surface area (Å²) >= 11 is 3.41. The zero-order chi connectivity index (χ0) is 21.2. The van der Waals surface area contributed by atoms with E-state index in [1.807, 2.05) is 42.5 Å². The van der Waals surface area contributed by atoms with E-state index < -0.39 is 0 Å². The van der Waals surface area contributed by atoms with Gasteiger partial charge in [-0.25, -0.2) is 0 Å². The lowest BCUT2D eigenvalue weighted by Crippen LogP contribution is -2.46. The van der Waals surface area contributed by atoms with Gasteiger partial charge in [-0.15, -0.1) is 0 Å². The highest BCUT2D eigenvalue weighted by Crippen LogP contribution is 2.28. The molecule has 0 bridgehead atoms. The number of carbonyl (C=O) groups excluding carboxylic acids is 1. The summed E-state index contributed by atoms with van der Waals surface area (Å²) in [6.07, 6.45) is 5.51. The first kappa shape index (κ1) is 22.4. The first-order valence-corrected chi connectivity index (χ1v) is 11.3. The quantitative estimate of drug-likeness (QED) is 0.440. The lowest BCUT2D eigenvalue weighted by atomic mass is 10.2. The third kappa shape index (κ3) is 6.89. The number of methoxy groups -OCH3 is 1. The first-order chi connectivity index (χ1) is 14.7. The number of halogens is 1. The molecule has 0 spiro atoms. The minimum atomic E-state index is -0.0386. The van der Waals surface area contributed by atoms with E-state index in [0.717, 1.165) is 61.4 Å². The predicted octanol–water partition coefficient (Wildman–Crippen LogP) is 4.19. The molecule has 0 aliphatic carbocycles. The van der Waals surface area contributed by atoms with Crippen LogP contribution in [0, 0.1) is 0 Å². The fourth-order valence-electron chi connectivity index (χ4n) is 3.58. The van der Waals surface area contributed by atoms with Crippen molar-refractivity contribution in [1.82, 2.24) is 10.2 Å². The van der Waals surface area contributed by atoms with Crippen LogP contribution < -0.4 is 15.0 Å². The van der Waals surface area contributed by atoms with Gasteiger partial charge in [0.15, 0.2) is 0 Å². The number of nitrogens with zero attached hydrogens (tertiary/aromatic N) is 2. The van der Waals surface area contributed by atoms with Crippen LogP contribution in [-0.4, -0.2) is 57.2 Å². The number of amides is 1. The number of para-hydroxylation sites is 2. The van der Waals surface area contributed by atoms with Gasteiger partial charge in [-0.3, -0.25) is 9.69 Å². The Bertz CT molecular complexity index is 831. The van der Waals surface area contributed by atoms with E-state index in [4.69, 9.17) is 4.74 Å². The fraction of sp³-hybridized carbons (Fsp3) is 0.375. The molecule has 1 heterocycles. The van der Waals surface area contributed by atoms with Crippen molar-refractivity contribution in [3.63, 3.8) is 0 Å². The van der Waals surface area contributed by atoms with Gasteiger partial charge >= 0.3 is 0 Å². The summed E-state index contributed by atoms with van der Waals surface area (Å²) in [6, 6.07) is 16.1. The third-order valence-corrected chi connectivity index (χ3v) is 5.82. The second-order valence-electron chi connectivity index (χ2n) is 7.38. The minimum absolute atomic E-state index is 0.0386. The number of nitrogens with one attached hydrogen (secondary N) is 1. The maximum absolute atomic E-state index is 11.9. The molecule has 160 valence electrons. The van der Waals surface area contributed by atoms with E-state index in [1.165, 1.54) is 5.69 Å². The molecule has 5 nitrogen and oxygen atoms in total. The van der Waals surface area contributed by atoms with Crippen LogP contribution in [0.1, 0.15) is 18.4 Å². The second-order valence-corrected chi connectivity index (χ2v) is 8.30. The normalized spacial score (nSPS) is 14.8. The molecule has 0 unspecified atom stereocenters. The summed E-state index contributed by atoms with van der Waals surface area (Å²) < 4.78 is 6.52. The van der Waals surface area contributed by atoms with Crippen molar-refractivity contribution in [2.45, 2.75) is 12.8 Å². The van der Waals surface area contributed by atoms with Crippen LogP contribution in [0.25, 0.3) is 6.08 Å². The summed E-state index contributed by atoms with van der Waals surface area (Å²) in [7, 11) is 1.73. The van der Waals surface area contributed by atoms with Crippen molar-refractivity contribution in [1.29, 1.82) is 0 Å². The van der Waals surface area contributed by atoms with Gasteiger partial charge in [-0.2, -0.15) is 0 Å². The fourth-order valence-corrected chi connectivity index (χ4v) is 3.84. The standard InChI is InChI=1S/C24H30BrN3O2/c1-30-23-7-3-2-6-22(23)28-18-16-27(17-19-28)15-5-4-14-26-24(29)13-10-20-8-11-21(25)12-9-20/h2-3,6-13H,4-5,14-19H2,1H3,(H,26,29)/b13-10+/i1-1. The molecule has 2 aromatic rings. The molecule has 1 N–H and O–H groups in total. The highest BCUT2D eigenvalue weighted by atomic mass is 79.9. The second kappa shape index (κ2) is 11.8. The summed E-state index contributed by atoms with van der Waals surface area (Å²) in [4.78, 5) is 16.8. The molecular formula is C24H30BrN3O2. The molecule has 0 aromatic heterocycles. The third-order valence-electron chi connectivity index (χ3n) is 5.30. The Hall–Kier alpha value is -2.31. The van der Waals surface area contributed by atoms with Crippen LogP contribution in [0.2, 0.25) is 0 Å². The van der Waals surface area contributed by atoms with Gasteiger partial charge in [-0.1, -0.05) is 40.2 Å². The number of anilines is 1. The van der Waals surface area contributed by atoms with Crippen molar-refractivity contribution >= 4 is 33.6 Å². The van der Waals surface area contributed by atoms with Gasteiger partial charge in [-0.05, 0) is 55.3 Å². The molecule has 3 rings (SSSR count). The van der Waals surface area contributed by atoms with Gasteiger partial charge in [0.25, 0.3) is 0 Å². The minimum Gasteiger partial charge on any atom is -0.495 e. The van der Waals surface area contributed by atoms with Crippen LogP contribution in [0.5, 0.6) is 5.75 Å². The van der Waals surface area contributed by atoms with E-state index in [2.05, 4.69) is 43.2 Å². The van der Waals surface area contributed by atoms with Crippen molar-refractivity contribution < 1.29 is 9.53 Å². The number of carbonyl (C=O) groups is 1. The summed E-state index contributed by atoms with van der Waals surface area (Å²) in [5, 5.41) is 2.97. The highest BCUT2D eigenvalue weighted by Gasteiger charge is 2.18. The molecule has 1 saturated heterocycles. The Balaban J connectivity index is 1.29. The van der Waals surface area contributed by atoms with Crippen molar-refractivity contribution in [2.75, 3.05) is 51.3 Å². The van der Waals surface area contributed by atoms with Crippen LogP contribution in [0.3, 0.4) is 0 Å². The zero-order valence-corrected chi connectivity index (χ0v) is 19.1. The van der Waals surface area contributed by atoms with E-state index >= 15 is 0 Å². The lowest BCUT2D eigenvalue weighted by Gasteiger charge is -2.36. The molecule has 1 amide bonds. The Morgan fingerprint density at radius 2 is 1.80 bits per heavy atom. The van der Waals surface area contributed by atoms with Gasteiger partial charge in [0, 0.05) is 43.3 Å². The molecule has 0 saturated carbocycles. The number of unbranched alkanes of at least 4 members (excludes halogenated alkanes) is 1. The molecule has 0 radical (unpaired) electrons. The average molecular weight is 471 g/mol. The van der Waals surface area contributed by atoms with E-state index in [0.29, 0.717) is 6.54 Å². The van der Waals surface area contributed by atoms with Crippen LogP contribution in [-0.2, 0) is 4.79 Å². The number of piperazine rings is 1. The molecule has 1 fully saturated rings. The predicted molar refractivity (Wildman–Crippen MR) is 127 cm³/mol. The Morgan fingerprint density at radius 1 is 1.07 bits per heavy atom. The first-order valence-electron chi connectivity index (χ1n) is 10.5. The number of hydrogen-bond acceptors (Lipinski definition) is 4. The molecule has 1 aliphatic rings. The lowest BCUT2D eigenvalue weighted by molar-refractivity contribution is -0.116. The molecule has 1 aliphatic heterocycles. The van der Waals surface area contributed by atoms with Crippen molar-refractivity contribution in [3.05, 3.63) is 64.6 Å². The van der Waals surface area contributed by atoms with Crippen molar-refractivity contribution in [3.8, 4) is 5.75 Å². The number of ether oxygens (including phenoxy) is 1. The highest BCUT2D eigenvalue weighted by molar-refractivity contribution is 9.10. The van der Waals surface area contributed by atoms with E-state index in [-0.39, 0.29) is 5.91 Å². The van der Waals surface area contributed by atoms with Gasteiger partial charge in [0.1, 0.15) is 5.75 Å². The number of benzene rings is 2. The molecular weight excluding hydrogens is 441 g/mol. The SMILES string of the molecule is [11CH3]Oc1ccccc1N1CCN(CCCCNC(=O)/C=C/c2ccc(Br)cc2)CC1. The monoisotopic (exact) mass is 470 g/mol. The summed E-state index contributed by atoms with van der Waals surface area (Å²) in [6.45, 7) is 5.92. The Kier molecular flexibility index (Phi) is 8.78. The molecule has 0 atom stereocenters. The smallest absolute Gasteiger partial charge is 0.243 e. The maximum atomic E-state index is 11.9. The number of rotatable bonds is 9. The summed E-state index contributed by atoms with van der Waals surface area (Å²) in [5.41, 5.74) is 2.19. The van der Waals surface area contributed by atoms with Gasteiger partial charge in [0.2, 0.25) is 5.91 Å². The van der Waals surface area contributed by atoms with Crippen LogP contribution >= 0.6 is 15.9 Å². The Labute approximate surface area is 187 Å². The molecule has 2 aromatic carbocycles. The zero-order valence-electron chi connectivity index (χ0n) is 17.5. The number of hydrogen-bond donors (Lipinski definition) is 1. The van der Waals surface area contributed by atoms with Gasteiger partial charge < -0.3 is 15.0 Å². The Morgan fingerprint density at radius 3 is 2.53 bits per heavy atom. The van der Waals surface area contributed by atoms with Crippen LogP contribution in [0.15, 0.2) is 59.1 Å². The summed E-state index contributed by atoms with van der Waals surface area (Å²) in [5.74, 6) is 0.902. The average Bonchev–Trinajstić information content (AvgIpc) is 2.79. The van der Waals surface area contributed by atoms with Gasteiger partial charge in [0.05, 0.1) is 12.8 Å². The maximum Gasteiger partial charge on any atom is 0.243 e. The van der Waals surface area contributed by atoms with Crippen LogP contribution in [0.4, 0.5) is 5.69 Å². The molecule has 6 heteroatoms. The van der Waals surface area contributed by atoms with Crippen molar-refractivity contribution in [2.24, 2.45) is 0 Å². The van der Waals surface area contributed by atoms with E-state index in [9.17, 15) is 4.79 Å².